The number of nitrogens with one attached hydrogen (secondary N) is 1. The topological polar surface area (TPSA) is 32.3 Å². The number of hydrogen-bond donors (Lipinski definition) is 1. The lowest BCUT2D eigenvalue weighted by Gasteiger charge is -2.38. The van der Waals surface area contributed by atoms with Crippen LogP contribution in [0.1, 0.15) is 39.5 Å². The molecule has 1 aliphatic heterocycles. The zero-order chi connectivity index (χ0) is 11.5. The molecule has 3 heteroatoms. The summed E-state index contributed by atoms with van der Waals surface area (Å²) >= 11 is 0. The maximum absolute atomic E-state index is 11.5. The molecule has 3 nitrogen and oxygen atoms in total. The van der Waals surface area contributed by atoms with Crippen molar-refractivity contribution in [1.29, 1.82) is 0 Å². The highest BCUT2D eigenvalue weighted by Gasteiger charge is 2.32. The Bertz CT molecular complexity index is 250. The molecule has 1 amide bonds. The summed E-state index contributed by atoms with van der Waals surface area (Å²) in [5.41, 5.74) is 0. The number of hydrogen-bond acceptors (Lipinski definition) is 2. The van der Waals surface area contributed by atoms with Gasteiger partial charge in [-0.1, -0.05) is 19.8 Å². The SMILES string of the molecule is CCNC1CC(CC2CC2)CN(C(C)=O)C1. The van der Waals surface area contributed by atoms with E-state index in [-0.39, 0.29) is 5.91 Å². The van der Waals surface area contributed by atoms with Crippen LogP contribution in [0.5, 0.6) is 0 Å². The third-order valence-electron chi connectivity index (χ3n) is 3.84. The van der Waals surface area contributed by atoms with Crippen molar-refractivity contribution < 1.29 is 4.79 Å². The molecule has 2 aliphatic rings. The fourth-order valence-electron chi connectivity index (χ4n) is 2.89. The Hall–Kier alpha value is -0.570. The maximum atomic E-state index is 11.5. The Labute approximate surface area is 98.6 Å². The highest BCUT2D eigenvalue weighted by atomic mass is 16.2. The molecule has 0 spiro atoms. The van der Waals surface area contributed by atoms with Gasteiger partial charge in [0.1, 0.15) is 0 Å². The van der Waals surface area contributed by atoms with Gasteiger partial charge in [0, 0.05) is 26.1 Å². The molecule has 1 aliphatic carbocycles. The molecule has 1 saturated heterocycles. The second-order valence-electron chi connectivity index (χ2n) is 5.46. The van der Waals surface area contributed by atoms with E-state index in [0.29, 0.717) is 6.04 Å². The number of rotatable bonds is 4. The van der Waals surface area contributed by atoms with Gasteiger partial charge in [0.15, 0.2) is 0 Å². The van der Waals surface area contributed by atoms with E-state index < -0.39 is 0 Å². The van der Waals surface area contributed by atoms with Crippen LogP contribution in [0.4, 0.5) is 0 Å². The van der Waals surface area contributed by atoms with Gasteiger partial charge >= 0.3 is 0 Å². The van der Waals surface area contributed by atoms with E-state index in [0.717, 1.165) is 31.5 Å². The van der Waals surface area contributed by atoms with Crippen LogP contribution in [0.15, 0.2) is 0 Å². The van der Waals surface area contributed by atoms with E-state index in [1.165, 1.54) is 25.7 Å². The van der Waals surface area contributed by atoms with Crippen LogP contribution in [-0.2, 0) is 4.79 Å². The van der Waals surface area contributed by atoms with E-state index in [2.05, 4.69) is 12.2 Å². The van der Waals surface area contributed by atoms with Crippen molar-refractivity contribution in [3.63, 3.8) is 0 Å². The summed E-state index contributed by atoms with van der Waals surface area (Å²) < 4.78 is 0. The van der Waals surface area contributed by atoms with Gasteiger partial charge in [-0.25, -0.2) is 0 Å². The summed E-state index contributed by atoms with van der Waals surface area (Å²) in [7, 11) is 0. The molecule has 0 bridgehead atoms. The first-order chi connectivity index (χ1) is 7.69. The summed E-state index contributed by atoms with van der Waals surface area (Å²) in [6.45, 7) is 6.75. The zero-order valence-corrected chi connectivity index (χ0v) is 10.5. The van der Waals surface area contributed by atoms with Gasteiger partial charge in [-0.2, -0.15) is 0 Å². The second-order valence-corrected chi connectivity index (χ2v) is 5.46. The van der Waals surface area contributed by atoms with Crippen LogP contribution >= 0.6 is 0 Å². The largest absolute Gasteiger partial charge is 0.341 e. The third kappa shape index (κ3) is 3.21. The highest BCUT2D eigenvalue weighted by Crippen LogP contribution is 2.37. The van der Waals surface area contributed by atoms with Crippen molar-refractivity contribution in [2.45, 2.75) is 45.6 Å². The standard InChI is InChI=1S/C13H24N2O/c1-3-14-13-7-12(6-11-4-5-11)8-15(9-13)10(2)16/h11-14H,3-9H2,1-2H3. The molecule has 92 valence electrons. The van der Waals surface area contributed by atoms with E-state index in [4.69, 9.17) is 0 Å². The number of carbonyl (C=O) groups is 1. The smallest absolute Gasteiger partial charge is 0.219 e. The van der Waals surface area contributed by atoms with Crippen LogP contribution in [0.25, 0.3) is 0 Å². The van der Waals surface area contributed by atoms with Crippen molar-refractivity contribution in [3.8, 4) is 0 Å². The van der Waals surface area contributed by atoms with Gasteiger partial charge in [-0.05, 0) is 31.2 Å². The van der Waals surface area contributed by atoms with Crippen molar-refractivity contribution in [2.75, 3.05) is 19.6 Å². The Morgan fingerprint density at radius 1 is 1.31 bits per heavy atom. The summed E-state index contributed by atoms with van der Waals surface area (Å²) in [4.78, 5) is 13.5. The predicted molar refractivity (Wildman–Crippen MR) is 65.2 cm³/mol. The number of piperidine rings is 1. The molecule has 1 saturated carbocycles. The first kappa shape index (κ1) is 11.9. The molecule has 2 atom stereocenters. The van der Waals surface area contributed by atoms with Gasteiger partial charge in [0.2, 0.25) is 5.91 Å². The average Bonchev–Trinajstić information content (AvgIpc) is 3.01. The third-order valence-corrected chi connectivity index (χ3v) is 3.84. The lowest BCUT2D eigenvalue weighted by Crippen LogP contribution is -2.50. The van der Waals surface area contributed by atoms with Crippen molar-refractivity contribution >= 4 is 5.91 Å². The molecule has 0 radical (unpaired) electrons. The first-order valence-corrected chi connectivity index (χ1v) is 6.68. The Morgan fingerprint density at radius 3 is 2.62 bits per heavy atom. The molecule has 0 aromatic carbocycles. The van der Waals surface area contributed by atoms with E-state index >= 15 is 0 Å². The molecule has 0 aromatic heterocycles. The molecule has 1 N–H and O–H groups in total. The van der Waals surface area contributed by atoms with Crippen LogP contribution in [0, 0.1) is 11.8 Å². The number of likely N-dealkylation sites (tertiary alicyclic amines) is 1. The Morgan fingerprint density at radius 2 is 2.06 bits per heavy atom. The maximum Gasteiger partial charge on any atom is 0.219 e. The fourth-order valence-corrected chi connectivity index (χ4v) is 2.89. The van der Waals surface area contributed by atoms with Gasteiger partial charge in [0.25, 0.3) is 0 Å². The fraction of sp³-hybridized carbons (Fsp3) is 0.923. The molecule has 16 heavy (non-hydrogen) atoms. The minimum atomic E-state index is 0.239. The average molecular weight is 224 g/mol. The lowest BCUT2D eigenvalue weighted by atomic mass is 9.89. The predicted octanol–water partition coefficient (Wildman–Crippen LogP) is 1.63. The van der Waals surface area contributed by atoms with Crippen LogP contribution in [0.3, 0.4) is 0 Å². The number of carbonyl (C=O) groups excluding carboxylic acids is 1. The summed E-state index contributed by atoms with van der Waals surface area (Å²) in [5, 5.41) is 3.50. The molecular formula is C13H24N2O. The minimum Gasteiger partial charge on any atom is -0.341 e. The van der Waals surface area contributed by atoms with Crippen LogP contribution < -0.4 is 5.32 Å². The minimum absolute atomic E-state index is 0.239. The van der Waals surface area contributed by atoms with E-state index in [1.807, 2.05) is 4.90 Å². The van der Waals surface area contributed by atoms with Crippen molar-refractivity contribution in [2.24, 2.45) is 11.8 Å². The molecule has 1 heterocycles. The summed E-state index contributed by atoms with van der Waals surface area (Å²) in [6, 6.07) is 0.520. The Balaban J connectivity index is 1.89. The Kier molecular flexibility index (Phi) is 3.85. The quantitative estimate of drug-likeness (QED) is 0.787. The molecule has 2 unspecified atom stereocenters. The van der Waals surface area contributed by atoms with Gasteiger partial charge < -0.3 is 10.2 Å². The van der Waals surface area contributed by atoms with E-state index in [1.54, 1.807) is 6.92 Å². The molecular weight excluding hydrogens is 200 g/mol. The second kappa shape index (κ2) is 5.17. The van der Waals surface area contributed by atoms with Crippen molar-refractivity contribution in [1.82, 2.24) is 10.2 Å². The molecule has 0 aromatic rings. The summed E-state index contributed by atoms with van der Waals surface area (Å²) in [5.74, 6) is 1.94. The van der Waals surface area contributed by atoms with Gasteiger partial charge in [-0.15, -0.1) is 0 Å². The van der Waals surface area contributed by atoms with Crippen molar-refractivity contribution in [3.05, 3.63) is 0 Å². The normalized spacial score (nSPS) is 30.5. The lowest BCUT2D eigenvalue weighted by molar-refractivity contribution is -0.131. The zero-order valence-electron chi connectivity index (χ0n) is 10.5. The van der Waals surface area contributed by atoms with Gasteiger partial charge in [-0.3, -0.25) is 4.79 Å². The highest BCUT2D eigenvalue weighted by molar-refractivity contribution is 5.73. The van der Waals surface area contributed by atoms with Gasteiger partial charge in [0.05, 0.1) is 0 Å². The van der Waals surface area contributed by atoms with Crippen LogP contribution in [0.2, 0.25) is 0 Å². The van der Waals surface area contributed by atoms with Crippen LogP contribution in [-0.4, -0.2) is 36.5 Å². The monoisotopic (exact) mass is 224 g/mol. The molecule has 2 fully saturated rings. The van der Waals surface area contributed by atoms with E-state index in [9.17, 15) is 4.79 Å². The molecule has 2 rings (SSSR count). The first-order valence-electron chi connectivity index (χ1n) is 6.68. The summed E-state index contributed by atoms with van der Waals surface area (Å²) in [6.07, 6.45) is 5.44. The number of amides is 1. The number of nitrogens with zero attached hydrogens (tertiary/aromatic N) is 1. The number of likely N-dealkylation sites (N-methyl/N-ethyl adjacent to an activating group) is 1.